The van der Waals surface area contributed by atoms with E-state index in [2.05, 4.69) is 16.9 Å². The first-order valence-electron chi connectivity index (χ1n) is 8.01. The minimum Gasteiger partial charge on any atom is -0.493 e. The van der Waals surface area contributed by atoms with E-state index in [-0.39, 0.29) is 0 Å². The van der Waals surface area contributed by atoms with E-state index < -0.39 is 0 Å². The minimum atomic E-state index is 0.769. The number of likely N-dealkylation sites (tertiary alicyclic amines) is 1. The van der Waals surface area contributed by atoms with Gasteiger partial charge in [0.2, 0.25) is 0 Å². The molecule has 2 fully saturated rings. The quantitative estimate of drug-likeness (QED) is 0.841. The van der Waals surface area contributed by atoms with Gasteiger partial charge in [-0.05, 0) is 50.9 Å². The zero-order chi connectivity index (χ0) is 15.9. The number of rotatable bonds is 2. The van der Waals surface area contributed by atoms with Crippen LogP contribution in [0.1, 0.15) is 25.7 Å². The Bertz CT molecular complexity index is 479. The van der Waals surface area contributed by atoms with Crippen LogP contribution in [0.2, 0.25) is 0 Å². The number of hydrogen-bond acceptors (Lipinski definition) is 4. The molecule has 0 aromatic heterocycles. The van der Waals surface area contributed by atoms with Gasteiger partial charge in [0.1, 0.15) is 0 Å². The number of nitrogens with zero attached hydrogens (tertiary/aromatic N) is 2. The van der Waals surface area contributed by atoms with Crippen molar-refractivity contribution in [1.29, 1.82) is 0 Å². The van der Waals surface area contributed by atoms with Crippen molar-refractivity contribution in [2.45, 2.75) is 31.7 Å². The lowest BCUT2D eigenvalue weighted by Crippen LogP contribution is -2.35. The van der Waals surface area contributed by atoms with Gasteiger partial charge in [0, 0.05) is 25.2 Å². The van der Waals surface area contributed by atoms with Gasteiger partial charge in [0.25, 0.3) is 0 Å². The lowest BCUT2D eigenvalue weighted by Gasteiger charge is -2.30. The fourth-order valence-corrected chi connectivity index (χ4v) is 3.43. The Morgan fingerprint density at radius 3 is 2.27 bits per heavy atom. The maximum absolute atomic E-state index is 5.01. The van der Waals surface area contributed by atoms with Crippen LogP contribution in [0.5, 0.6) is 11.5 Å². The van der Waals surface area contributed by atoms with E-state index >= 15 is 0 Å². The van der Waals surface area contributed by atoms with Gasteiger partial charge in [-0.25, -0.2) is 0 Å². The summed E-state index contributed by atoms with van der Waals surface area (Å²) in [4.78, 5) is 6.84. The number of fused-ring (bicyclic) bond motifs is 1. The van der Waals surface area contributed by atoms with Gasteiger partial charge in [-0.15, -0.1) is 0 Å². The summed E-state index contributed by atoms with van der Waals surface area (Å²) in [6.07, 6.45) is 5.28. The highest BCUT2D eigenvalue weighted by molar-refractivity contribution is 5.85. The normalized spacial score (nSPS) is 26.1. The van der Waals surface area contributed by atoms with Crippen LogP contribution in [-0.2, 0) is 0 Å². The second kappa shape index (κ2) is 8.18. The van der Waals surface area contributed by atoms with Crippen LogP contribution in [0.3, 0.4) is 0 Å². The molecule has 22 heavy (non-hydrogen) atoms. The van der Waals surface area contributed by atoms with Crippen molar-refractivity contribution in [1.82, 2.24) is 4.90 Å². The zero-order valence-corrected chi connectivity index (χ0v) is 14.2. The van der Waals surface area contributed by atoms with Crippen molar-refractivity contribution >= 4 is 5.71 Å². The lowest BCUT2D eigenvalue weighted by molar-refractivity contribution is 0.261. The molecule has 2 unspecified atom stereocenters. The van der Waals surface area contributed by atoms with E-state index in [0.717, 1.165) is 23.5 Å². The topological polar surface area (TPSA) is 34.1 Å². The number of benzene rings is 1. The van der Waals surface area contributed by atoms with Gasteiger partial charge in [-0.1, -0.05) is 12.1 Å². The minimum absolute atomic E-state index is 0.769. The molecule has 1 aromatic carbocycles. The monoisotopic (exact) mass is 304 g/mol. The highest BCUT2D eigenvalue weighted by atomic mass is 16.5. The molecule has 1 aromatic rings. The maximum atomic E-state index is 5.01. The predicted octanol–water partition coefficient (Wildman–Crippen LogP) is 3.27. The first-order chi connectivity index (χ1) is 10.7. The maximum Gasteiger partial charge on any atom is 0.160 e. The average Bonchev–Trinajstić information content (AvgIpc) is 2.95. The first-order valence-corrected chi connectivity index (χ1v) is 8.01. The molecular weight excluding hydrogens is 276 g/mol. The zero-order valence-electron chi connectivity index (χ0n) is 14.2. The Labute approximate surface area is 134 Å². The van der Waals surface area contributed by atoms with E-state index in [4.69, 9.17) is 9.47 Å². The molecule has 2 aliphatic rings. The Kier molecular flexibility index (Phi) is 6.25. The molecule has 1 aliphatic carbocycles. The van der Waals surface area contributed by atoms with Crippen molar-refractivity contribution in [2.24, 2.45) is 10.9 Å². The molecule has 0 spiro atoms. The van der Waals surface area contributed by atoms with Gasteiger partial charge < -0.3 is 14.4 Å². The average molecular weight is 304 g/mol. The van der Waals surface area contributed by atoms with Crippen molar-refractivity contribution in [3.8, 4) is 11.5 Å². The van der Waals surface area contributed by atoms with E-state index in [0.29, 0.717) is 0 Å². The summed E-state index contributed by atoms with van der Waals surface area (Å²) in [5.74, 6) is 2.51. The number of para-hydroxylation sites is 2. The van der Waals surface area contributed by atoms with E-state index in [1.54, 1.807) is 14.2 Å². The summed E-state index contributed by atoms with van der Waals surface area (Å²) in [6, 6.07) is 8.35. The largest absolute Gasteiger partial charge is 0.493 e. The molecule has 1 heterocycles. The number of ether oxygens (including phenoxy) is 2. The van der Waals surface area contributed by atoms with Gasteiger partial charge >= 0.3 is 0 Å². The summed E-state index contributed by atoms with van der Waals surface area (Å²) in [6.45, 7) is 1.30. The van der Waals surface area contributed by atoms with Crippen molar-refractivity contribution in [2.75, 3.05) is 34.9 Å². The van der Waals surface area contributed by atoms with E-state index in [1.165, 1.54) is 37.9 Å². The molecule has 4 nitrogen and oxygen atoms in total. The Balaban J connectivity index is 0.000000164. The van der Waals surface area contributed by atoms with Gasteiger partial charge in [0.15, 0.2) is 11.5 Å². The van der Waals surface area contributed by atoms with Gasteiger partial charge in [-0.2, -0.15) is 0 Å². The van der Waals surface area contributed by atoms with Crippen LogP contribution in [0, 0.1) is 5.92 Å². The Morgan fingerprint density at radius 2 is 1.73 bits per heavy atom. The molecule has 2 atom stereocenters. The number of aliphatic imine (C=N–C) groups is 1. The molecule has 1 aliphatic heterocycles. The van der Waals surface area contributed by atoms with Gasteiger partial charge in [-0.3, -0.25) is 4.99 Å². The summed E-state index contributed by atoms with van der Waals surface area (Å²) in [7, 11) is 7.43. The Morgan fingerprint density at radius 1 is 1.09 bits per heavy atom. The predicted molar refractivity (Wildman–Crippen MR) is 91.3 cm³/mol. The van der Waals surface area contributed by atoms with Crippen molar-refractivity contribution in [3.63, 3.8) is 0 Å². The molecule has 122 valence electrons. The third-order valence-electron chi connectivity index (χ3n) is 4.82. The lowest BCUT2D eigenvalue weighted by atomic mass is 9.84. The summed E-state index contributed by atoms with van der Waals surface area (Å²) in [5, 5.41) is 0. The molecule has 0 amide bonds. The molecule has 4 heteroatoms. The third-order valence-corrected chi connectivity index (χ3v) is 4.82. The molecule has 0 N–H and O–H groups in total. The smallest absolute Gasteiger partial charge is 0.160 e. The van der Waals surface area contributed by atoms with Crippen LogP contribution in [-0.4, -0.2) is 51.5 Å². The second-order valence-electron chi connectivity index (χ2n) is 5.98. The molecule has 3 rings (SSSR count). The highest BCUT2D eigenvalue weighted by Crippen LogP contribution is 2.33. The van der Waals surface area contributed by atoms with Gasteiger partial charge in [0.05, 0.1) is 14.2 Å². The molecule has 0 bridgehead atoms. The number of methoxy groups -OCH3 is 2. The Hall–Kier alpha value is -1.55. The van der Waals surface area contributed by atoms with Crippen LogP contribution < -0.4 is 9.47 Å². The van der Waals surface area contributed by atoms with E-state index in [1.807, 2.05) is 31.3 Å². The molecule has 0 radical (unpaired) electrons. The van der Waals surface area contributed by atoms with Crippen LogP contribution in [0.4, 0.5) is 0 Å². The summed E-state index contributed by atoms with van der Waals surface area (Å²) in [5.41, 5.74) is 1.44. The van der Waals surface area contributed by atoms with Crippen LogP contribution >= 0.6 is 0 Å². The summed E-state index contributed by atoms with van der Waals surface area (Å²) >= 11 is 0. The second-order valence-corrected chi connectivity index (χ2v) is 5.98. The molecular formula is C18H28N2O2. The van der Waals surface area contributed by atoms with Crippen LogP contribution in [0.15, 0.2) is 29.3 Å². The van der Waals surface area contributed by atoms with E-state index in [9.17, 15) is 0 Å². The van der Waals surface area contributed by atoms with Crippen molar-refractivity contribution in [3.05, 3.63) is 24.3 Å². The summed E-state index contributed by atoms with van der Waals surface area (Å²) < 4.78 is 10.0. The fraction of sp³-hybridized carbons (Fsp3) is 0.611. The third kappa shape index (κ3) is 4.01. The highest BCUT2D eigenvalue weighted by Gasteiger charge is 2.35. The number of hydrogen-bond donors (Lipinski definition) is 0. The fourth-order valence-electron chi connectivity index (χ4n) is 3.43. The molecule has 1 saturated heterocycles. The van der Waals surface area contributed by atoms with Crippen molar-refractivity contribution < 1.29 is 9.47 Å². The molecule has 1 saturated carbocycles. The SMILES string of the molecule is CN=C1CCC2CCN(C)C2C1.COc1ccccc1OC. The van der Waals surface area contributed by atoms with Crippen LogP contribution in [0.25, 0.3) is 0 Å². The first kappa shape index (κ1) is 16.8. The standard InChI is InChI=1S/C10H18N2.C8H10O2/c1-11-9-4-3-8-5-6-12(2)10(8)7-9;1-9-7-5-3-4-6-8(7)10-2/h8,10H,3-7H2,1-2H3;3-6H,1-2H3.